The Balaban J connectivity index is 3.38. The smallest absolute Gasteiger partial charge is 0.0110 e. The van der Waals surface area contributed by atoms with Gasteiger partial charge in [-0.3, -0.25) is 0 Å². The zero-order chi connectivity index (χ0) is 9.23. The lowest BCUT2D eigenvalue weighted by atomic mass is 10.1. The summed E-state index contributed by atoms with van der Waals surface area (Å²) in [7, 11) is 0. The van der Waals surface area contributed by atoms with E-state index < -0.39 is 0 Å². The summed E-state index contributed by atoms with van der Waals surface area (Å²) in [6.45, 7) is 4.28. The Kier molecular flexibility index (Phi) is 8.71. The number of unbranched alkanes of at least 4 members (excludes halogenated alkanes) is 4. The van der Waals surface area contributed by atoms with Crippen LogP contribution in [0.5, 0.6) is 0 Å². The van der Waals surface area contributed by atoms with Gasteiger partial charge in [-0.05, 0) is 30.2 Å². The predicted octanol–water partition coefficient (Wildman–Crippen LogP) is 4.26. The molecule has 0 radical (unpaired) electrons. The summed E-state index contributed by atoms with van der Waals surface area (Å²) >= 11 is 3.08. The maximum Gasteiger partial charge on any atom is 0.0110 e. The van der Waals surface area contributed by atoms with Gasteiger partial charge in [0.05, 0.1) is 0 Å². The second kappa shape index (κ2) is 8.87. The first kappa shape index (κ1) is 11.8. The first-order valence-corrected chi connectivity index (χ1v) is 5.39. The Morgan fingerprint density at radius 2 is 2.08 bits per heavy atom. The molecule has 0 N–H and O–H groups in total. The largest absolute Gasteiger partial charge is 0.0732 e. The molecule has 0 saturated carbocycles. The normalized spacial score (nSPS) is 10.8. The minimum absolute atomic E-state index is 1.17. The van der Waals surface area contributed by atoms with E-state index in [0.29, 0.717) is 0 Å². The molecular formula is C11H17Br. The maximum atomic E-state index is 3.08. The summed E-state index contributed by atoms with van der Waals surface area (Å²) in [5.74, 6) is 2.96. The van der Waals surface area contributed by atoms with Crippen LogP contribution in [0.15, 0.2) is 11.6 Å². The molecule has 0 heterocycles. The average Bonchev–Trinajstić information content (AvgIpc) is 2.05. The maximum absolute atomic E-state index is 3.08. The molecule has 0 aromatic heterocycles. The van der Waals surface area contributed by atoms with Crippen LogP contribution in [0.2, 0.25) is 0 Å². The van der Waals surface area contributed by atoms with Crippen molar-refractivity contribution in [3.8, 4) is 10.8 Å². The van der Waals surface area contributed by atoms with E-state index >= 15 is 0 Å². The van der Waals surface area contributed by atoms with Crippen LogP contribution < -0.4 is 0 Å². The zero-order valence-corrected chi connectivity index (χ0v) is 9.58. The van der Waals surface area contributed by atoms with Crippen molar-refractivity contribution >= 4 is 15.9 Å². The molecule has 0 bridgehead atoms. The van der Waals surface area contributed by atoms with Crippen LogP contribution in [-0.2, 0) is 0 Å². The van der Waals surface area contributed by atoms with E-state index in [1.807, 2.05) is 6.92 Å². The lowest BCUT2D eigenvalue weighted by molar-refractivity contribution is 0.674. The van der Waals surface area contributed by atoms with Gasteiger partial charge in [-0.15, -0.1) is 0 Å². The van der Waals surface area contributed by atoms with E-state index in [0.717, 1.165) is 0 Å². The van der Waals surface area contributed by atoms with Crippen molar-refractivity contribution in [3.05, 3.63) is 11.6 Å². The Morgan fingerprint density at radius 1 is 1.33 bits per heavy atom. The highest BCUT2D eigenvalue weighted by Gasteiger charge is 1.85. The molecular weight excluding hydrogens is 212 g/mol. The highest BCUT2D eigenvalue weighted by Crippen LogP contribution is 2.04. The summed E-state index contributed by atoms with van der Waals surface area (Å²) in [5.41, 5.74) is 1.17. The van der Waals surface area contributed by atoms with Gasteiger partial charge in [-0.2, -0.15) is 0 Å². The van der Waals surface area contributed by atoms with E-state index in [2.05, 4.69) is 39.7 Å². The van der Waals surface area contributed by atoms with Gasteiger partial charge in [-0.1, -0.05) is 38.2 Å². The summed E-state index contributed by atoms with van der Waals surface area (Å²) in [6.07, 6.45) is 8.70. The molecule has 0 atom stereocenters. The minimum Gasteiger partial charge on any atom is -0.0732 e. The third kappa shape index (κ3) is 7.88. The molecule has 1 heteroatoms. The van der Waals surface area contributed by atoms with Crippen molar-refractivity contribution in [3.63, 3.8) is 0 Å². The number of rotatable bonds is 5. The molecule has 0 aliphatic heterocycles. The summed E-state index contributed by atoms with van der Waals surface area (Å²) in [5, 5.41) is 0. The lowest BCUT2D eigenvalue weighted by Crippen LogP contribution is -1.75. The monoisotopic (exact) mass is 228 g/mol. The molecule has 0 aromatic rings. The van der Waals surface area contributed by atoms with Crippen molar-refractivity contribution in [2.24, 2.45) is 0 Å². The summed E-state index contributed by atoms with van der Waals surface area (Å²) in [4.78, 5) is 2.71. The second-order valence-electron chi connectivity index (χ2n) is 2.96. The number of halogens is 1. The fourth-order valence-corrected chi connectivity index (χ4v) is 1.33. The molecule has 12 heavy (non-hydrogen) atoms. The Morgan fingerprint density at radius 3 is 2.67 bits per heavy atom. The van der Waals surface area contributed by atoms with Crippen LogP contribution in [0.3, 0.4) is 0 Å². The topological polar surface area (TPSA) is 0 Å². The molecule has 0 aromatic carbocycles. The van der Waals surface area contributed by atoms with Crippen LogP contribution in [-0.4, -0.2) is 0 Å². The van der Waals surface area contributed by atoms with E-state index in [1.165, 1.54) is 37.7 Å². The number of hydrogen-bond acceptors (Lipinski definition) is 0. The van der Waals surface area contributed by atoms with Gasteiger partial charge in [0.25, 0.3) is 0 Å². The predicted molar refractivity (Wildman–Crippen MR) is 59.2 cm³/mol. The highest BCUT2D eigenvalue weighted by atomic mass is 79.9. The first-order valence-electron chi connectivity index (χ1n) is 4.59. The molecule has 0 rings (SSSR count). The zero-order valence-electron chi connectivity index (χ0n) is 7.99. The van der Waals surface area contributed by atoms with Crippen molar-refractivity contribution in [2.45, 2.75) is 46.0 Å². The van der Waals surface area contributed by atoms with Gasteiger partial charge < -0.3 is 0 Å². The molecule has 0 unspecified atom stereocenters. The van der Waals surface area contributed by atoms with Gasteiger partial charge in [0.15, 0.2) is 0 Å². The van der Waals surface area contributed by atoms with Gasteiger partial charge in [-0.25, -0.2) is 0 Å². The molecule has 0 fully saturated rings. The van der Waals surface area contributed by atoms with Crippen molar-refractivity contribution < 1.29 is 0 Å². The first-order chi connectivity index (χ1) is 5.81. The molecule has 0 aliphatic carbocycles. The van der Waals surface area contributed by atoms with Crippen LogP contribution in [0, 0.1) is 10.8 Å². The van der Waals surface area contributed by atoms with Gasteiger partial charge in [0.1, 0.15) is 0 Å². The fourth-order valence-electron chi connectivity index (χ4n) is 1.02. The molecule has 0 spiro atoms. The third-order valence-electron chi connectivity index (χ3n) is 1.75. The van der Waals surface area contributed by atoms with E-state index in [1.54, 1.807) is 0 Å². The quantitative estimate of drug-likeness (QED) is 0.488. The van der Waals surface area contributed by atoms with Crippen molar-refractivity contribution in [1.29, 1.82) is 0 Å². The van der Waals surface area contributed by atoms with Crippen molar-refractivity contribution in [1.82, 2.24) is 0 Å². The molecule has 0 aliphatic rings. The Bertz CT molecular complexity index is 181. The van der Waals surface area contributed by atoms with Crippen LogP contribution in [0.25, 0.3) is 0 Å². The van der Waals surface area contributed by atoms with Gasteiger partial charge >= 0.3 is 0 Å². The van der Waals surface area contributed by atoms with E-state index in [9.17, 15) is 0 Å². The minimum atomic E-state index is 1.17. The highest BCUT2D eigenvalue weighted by molar-refractivity contribution is 9.12. The van der Waals surface area contributed by atoms with Gasteiger partial charge in [0.2, 0.25) is 0 Å². The molecule has 0 amide bonds. The molecule has 0 nitrogen and oxygen atoms in total. The van der Waals surface area contributed by atoms with Crippen LogP contribution >= 0.6 is 15.9 Å². The Labute approximate surface area is 84.6 Å². The van der Waals surface area contributed by atoms with Gasteiger partial charge in [0, 0.05) is 15.9 Å². The van der Waals surface area contributed by atoms with Crippen LogP contribution in [0.4, 0.5) is 0 Å². The van der Waals surface area contributed by atoms with Crippen LogP contribution in [0.1, 0.15) is 46.0 Å². The standard InChI is InChI=1S/C11H17Br/c1-3-4-5-6-7-8-11(2)9-10-12/h8H,3-7H2,1-2H3/b11-8+. The summed E-state index contributed by atoms with van der Waals surface area (Å²) in [6, 6.07) is 0. The number of allylic oxidation sites excluding steroid dienone is 2. The fraction of sp³-hybridized carbons (Fsp3) is 0.636. The molecule has 68 valence electrons. The average molecular weight is 229 g/mol. The van der Waals surface area contributed by atoms with E-state index in [-0.39, 0.29) is 0 Å². The number of hydrogen-bond donors (Lipinski definition) is 0. The second-order valence-corrected chi connectivity index (χ2v) is 3.35. The van der Waals surface area contributed by atoms with E-state index in [4.69, 9.17) is 0 Å². The SMILES string of the molecule is CCCCCC/C=C(\C)C#CBr. The Hall–Kier alpha value is -0.220. The third-order valence-corrected chi connectivity index (χ3v) is 1.95. The molecule has 0 saturated heterocycles. The lowest BCUT2D eigenvalue weighted by Gasteiger charge is -1.94. The summed E-state index contributed by atoms with van der Waals surface area (Å²) < 4.78 is 0. The van der Waals surface area contributed by atoms with Crippen molar-refractivity contribution in [2.75, 3.05) is 0 Å².